The van der Waals surface area contributed by atoms with Crippen LogP contribution >= 0.6 is 0 Å². The Morgan fingerprint density at radius 2 is 1.75 bits per heavy atom. The van der Waals surface area contributed by atoms with E-state index < -0.39 is 0 Å². The van der Waals surface area contributed by atoms with Crippen molar-refractivity contribution in [2.24, 2.45) is 0 Å². The maximum absolute atomic E-state index is 12.9. The Balaban J connectivity index is 1.41. The quantitative estimate of drug-likeness (QED) is 0.431. The van der Waals surface area contributed by atoms with E-state index >= 15 is 0 Å². The smallest absolute Gasteiger partial charge is 0.227 e. The molecule has 2 heterocycles. The van der Waals surface area contributed by atoms with Crippen LogP contribution in [0, 0.1) is 0 Å². The van der Waals surface area contributed by atoms with Gasteiger partial charge in [0.25, 0.3) is 0 Å². The highest BCUT2D eigenvalue weighted by Crippen LogP contribution is 2.34. The molecule has 0 aliphatic carbocycles. The van der Waals surface area contributed by atoms with Gasteiger partial charge in [-0.15, -0.1) is 0 Å². The summed E-state index contributed by atoms with van der Waals surface area (Å²) < 4.78 is 13.5. The predicted molar refractivity (Wildman–Crippen MR) is 124 cm³/mol. The van der Waals surface area contributed by atoms with Crippen LogP contribution in [-0.4, -0.2) is 35.7 Å². The molecule has 6 nitrogen and oxygen atoms in total. The summed E-state index contributed by atoms with van der Waals surface area (Å²) in [5.74, 6) is 2.63. The van der Waals surface area contributed by atoms with E-state index in [0.717, 1.165) is 34.0 Å². The van der Waals surface area contributed by atoms with E-state index in [2.05, 4.69) is 10.6 Å². The minimum Gasteiger partial charge on any atom is -0.497 e. The number of carbonyl (C=O) groups is 1. The number of hydrogen-bond donors (Lipinski definition) is 0. The van der Waals surface area contributed by atoms with Gasteiger partial charge in [-0.1, -0.05) is 36.4 Å². The number of hydrogen-bond acceptors (Lipinski definition) is 4. The zero-order chi connectivity index (χ0) is 21.9. The number of ether oxygens (including phenoxy) is 2. The number of benzene rings is 3. The Kier molecular flexibility index (Phi) is 5.50. The van der Waals surface area contributed by atoms with Gasteiger partial charge in [-0.05, 0) is 36.4 Å². The van der Waals surface area contributed by atoms with Gasteiger partial charge < -0.3 is 18.9 Å². The summed E-state index contributed by atoms with van der Waals surface area (Å²) in [6.45, 7) is 1.78. The van der Waals surface area contributed by atoms with Gasteiger partial charge in [-0.3, -0.25) is 4.79 Å². The largest absolute Gasteiger partial charge is 0.497 e. The van der Waals surface area contributed by atoms with Crippen molar-refractivity contribution < 1.29 is 14.3 Å². The van der Waals surface area contributed by atoms with Gasteiger partial charge in [0.2, 0.25) is 5.91 Å². The van der Waals surface area contributed by atoms with Gasteiger partial charge in [-0.2, -0.15) is 0 Å². The number of nitrogens with zero attached hydrogens (tertiary/aromatic N) is 3. The highest BCUT2D eigenvalue weighted by molar-refractivity contribution is 5.96. The van der Waals surface area contributed by atoms with E-state index in [-0.39, 0.29) is 11.8 Å². The molecule has 1 aliphatic heterocycles. The van der Waals surface area contributed by atoms with Crippen molar-refractivity contribution in [3.63, 3.8) is 0 Å². The number of amides is 1. The average molecular weight is 428 g/mol. The number of methoxy groups -OCH3 is 1. The molecule has 162 valence electrons. The summed E-state index contributed by atoms with van der Waals surface area (Å²) in [5, 5.41) is 0. The minimum atomic E-state index is 0.0119. The van der Waals surface area contributed by atoms with Crippen LogP contribution in [0.4, 0.5) is 5.69 Å². The molecule has 1 aliphatic rings. The van der Waals surface area contributed by atoms with Crippen molar-refractivity contribution in [2.75, 3.05) is 25.2 Å². The zero-order valence-corrected chi connectivity index (χ0v) is 18.0. The maximum Gasteiger partial charge on any atom is 0.227 e. The van der Waals surface area contributed by atoms with E-state index in [1.807, 2.05) is 77.7 Å². The molecule has 4 aromatic rings. The van der Waals surface area contributed by atoms with Crippen molar-refractivity contribution in [1.82, 2.24) is 9.55 Å². The zero-order valence-electron chi connectivity index (χ0n) is 18.0. The van der Waals surface area contributed by atoms with Crippen LogP contribution in [0.5, 0.6) is 11.5 Å². The number of fused-ring (bicyclic) bond motifs is 1. The van der Waals surface area contributed by atoms with Gasteiger partial charge >= 0.3 is 0 Å². The third kappa shape index (κ3) is 3.91. The Hall–Kier alpha value is -3.80. The number of carbonyl (C=O) groups excluding carboxylic acids is 1. The Bertz CT molecular complexity index is 1240. The summed E-state index contributed by atoms with van der Waals surface area (Å²) in [6.07, 6.45) is 0.431. The molecule has 1 amide bonds. The predicted octanol–water partition coefficient (Wildman–Crippen LogP) is 4.64. The van der Waals surface area contributed by atoms with Crippen molar-refractivity contribution in [3.05, 3.63) is 84.7 Å². The maximum atomic E-state index is 12.9. The van der Waals surface area contributed by atoms with Gasteiger partial charge in [-0.25, -0.2) is 4.98 Å². The average Bonchev–Trinajstić information content (AvgIpc) is 3.40. The van der Waals surface area contributed by atoms with Crippen molar-refractivity contribution >= 4 is 22.6 Å². The van der Waals surface area contributed by atoms with E-state index in [0.29, 0.717) is 26.1 Å². The summed E-state index contributed by atoms with van der Waals surface area (Å²) in [6, 6.07) is 25.5. The van der Waals surface area contributed by atoms with Crippen LogP contribution in [0.15, 0.2) is 78.9 Å². The first-order valence-corrected chi connectivity index (χ1v) is 10.8. The van der Waals surface area contributed by atoms with E-state index in [1.54, 1.807) is 7.11 Å². The second-order valence-electron chi connectivity index (χ2n) is 7.88. The number of aromatic nitrogens is 2. The van der Waals surface area contributed by atoms with E-state index in [1.165, 1.54) is 0 Å². The first kappa shape index (κ1) is 20.1. The molecule has 1 fully saturated rings. The normalized spacial score (nSPS) is 16.0. The van der Waals surface area contributed by atoms with Gasteiger partial charge in [0.15, 0.2) is 0 Å². The molecular formula is C26H25N3O3. The summed E-state index contributed by atoms with van der Waals surface area (Å²) >= 11 is 0. The number of para-hydroxylation sites is 3. The molecule has 1 aromatic heterocycles. The standard InChI is InChI=1S/C26H25N3O3/c1-31-22-11-7-8-20(17-22)29-18-19(16-25(29)30)26-27-23-12-5-6-13-24(23)28(26)14-15-32-21-9-3-2-4-10-21/h2-13,17,19H,14-16,18H2,1H3/t19-/m1/s1. The van der Waals surface area contributed by atoms with Crippen LogP contribution in [-0.2, 0) is 11.3 Å². The van der Waals surface area contributed by atoms with Gasteiger partial charge in [0.1, 0.15) is 23.9 Å². The third-order valence-electron chi connectivity index (χ3n) is 5.87. The van der Waals surface area contributed by atoms with Crippen molar-refractivity contribution in [3.8, 4) is 11.5 Å². The van der Waals surface area contributed by atoms with Crippen LogP contribution in [0.3, 0.4) is 0 Å². The Labute approximate surface area is 187 Å². The lowest BCUT2D eigenvalue weighted by atomic mass is 10.1. The molecule has 0 saturated carbocycles. The molecule has 0 spiro atoms. The molecule has 6 heteroatoms. The fraction of sp³-hybridized carbons (Fsp3) is 0.231. The molecule has 0 N–H and O–H groups in total. The highest BCUT2D eigenvalue weighted by Gasteiger charge is 2.35. The topological polar surface area (TPSA) is 56.6 Å². The number of imidazole rings is 1. The third-order valence-corrected chi connectivity index (χ3v) is 5.87. The minimum absolute atomic E-state index is 0.0119. The molecule has 0 radical (unpaired) electrons. The second kappa shape index (κ2) is 8.75. The molecule has 3 aromatic carbocycles. The summed E-state index contributed by atoms with van der Waals surface area (Å²) in [7, 11) is 1.63. The monoisotopic (exact) mass is 427 g/mol. The lowest BCUT2D eigenvalue weighted by Gasteiger charge is -2.18. The molecule has 1 saturated heterocycles. The molecular weight excluding hydrogens is 402 g/mol. The van der Waals surface area contributed by atoms with E-state index in [9.17, 15) is 4.79 Å². The first-order chi connectivity index (χ1) is 15.7. The molecule has 5 rings (SSSR count). The molecule has 0 unspecified atom stereocenters. The Morgan fingerprint density at radius 3 is 2.59 bits per heavy atom. The number of rotatable bonds is 7. The SMILES string of the molecule is COc1cccc(N2C[C@H](c3nc4ccccc4n3CCOc3ccccc3)CC2=O)c1. The highest BCUT2D eigenvalue weighted by atomic mass is 16.5. The first-order valence-electron chi connectivity index (χ1n) is 10.8. The fourth-order valence-corrected chi connectivity index (χ4v) is 4.32. The summed E-state index contributed by atoms with van der Waals surface area (Å²) in [5.41, 5.74) is 2.85. The lowest BCUT2D eigenvalue weighted by molar-refractivity contribution is -0.117. The molecule has 32 heavy (non-hydrogen) atoms. The molecule has 1 atom stereocenters. The number of anilines is 1. The van der Waals surface area contributed by atoms with Crippen LogP contribution in [0.2, 0.25) is 0 Å². The van der Waals surface area contributed by atoms with Crippen molar-refractivity contribution in [2.45, 2.75) is 18.9 Å². The summed E-state index contributed by atoms with van der Waals surface area (Å²) in [4.78, 5) is 19.7. The van der Waals surface area contributed by atoms with Crippen LogP contribution in [0.25, 0.3) is 11.0 Å². The Morgan fingerprint density at radius 1 is 0.969 bits per heavy atom. The van der Waals surface area contributed by atoms with Crippen molar-refractivity contribution in [1.29, 1.82) is 0 Å². The molecule has 0 bridgehead atoms. The van der Waals surface area contributed by atoms with Gasteiger partial charge in [0.05, 0.1) is 24.7 Å². The van der Waals surface area contributed by atoms with Gasteiger partial charge in [0, 0.05) is 30.6 Å². The second-order valence-corrected chi connectivity index (χ2v) is 7.88. The lowest BCUT2D eigenvalue weighted by Crippen LogP contribution is -2.24. The van der Waals surface area contributed by atoms with Crippen LogP contribution < -0.4 is 14.4 Å². The fourth-order valence-electron chi connectivity index (χ4n) is 4.32. The van der Waals surface area contributed by atoms with E-state index in [4.69, 9.17) is 14.5 Å². The van der Waals surface area contributed by atoms with Crippen LogP contribution in [0.1, 0.15) is 18.2 Å².